The Bertz CT molecular complexity index is 286. The van der Waals surface area contributed by atoms with Gasteiger partial charge in [-0.15, -0.1) is 0 Å². The molecule has 19 heavy (non-hydrogen) atoms. The molecule has 0 bridgehead atoms. The predicted molar refractivity (Wildman–Crippen MR) is 81.1 cm³/mol. The molecule has 0 aromatic heterocycles. The molecule has 3 rings (SSSR count). The first-order chi connectivity index (χ1) is 9.22. The summed E-state index contributed by atoms with van der Waals surface area (Å²) in [5.74, 6) is 0.746. The van der Waals surface area contributed by atoms with Crippen molar-refractivity contribution in [2.24, 2.45) is 17.1 Å². The second kappa shape index (κ2) is 5.73. The summed E-state index contributed by atoms with van der Waals surface area (Å²) < 4.78 is 0. The van der Waals surface area contributed by atoms with E-state index in [1.54, 1.807) is 0 Å². The number of hydrogen-bond donors (Lipinski definition) is 1. The van der Waals surface area contributed by atoms with Crippen LogP contribution in [-0.4, -0.2) is 30.1 Å². The lowest BCUT2D eigenvalue weighted by atomic mass is 9.71. The summed E-state index contributed by atoms with van der Waals surface area (Å²) >= 11 is 0. The molecule has 0 aromatic rings. The fourth-order valence-electron chi connectivity index (χ4n) is 5.05. The first kappa shape index (κ1) is 13.9. The van der Waals surface area contributed by atoms with Crippen LogP contribution in [0, 0.1) is 11.3 Å². The van der Waals surface area contributed by atoms with Gasteiger partial charge in [0.2, 0.25) is 0 Å². The number of nitrogens with zero attached hydrogens (tertiary/aromatic N) is 1. The third kappa shape index (κ3) is 2.85. The van der Waals surface area contributed by atoms with Crippen LogP contribution >= 0.6 is 0 Å². The third-order valence-electron chi connectivity index (χ3n) is 6.54. The van der Waals surface area contributed by atoms with Crippen molar-refractivity contribution in [1.29, 1.82) is 0 Å². The molecule has 1 spiro atoms. The minimum atomic E-state index is 0.464. The minimum Gasteiger partial charge on any atom is -0.327 e. The molecule has 2 nitrogen and oxygen atoms in total. The topological polar surface area (TPSA) is 29.3 Å². The van der Waals surface area contributed by atoms with Gasteiger partial charge in [0.05, 0.1) is 0 Å². The number of piperidine rings is 1. The van der Waals surface area contributed by atoms with E-state index in [0.717, 1.165) is 17.4 Å². The second-order valence-corrected chi connectivity index (χ2v) is 7.55. The normalized spacial score (nSPS) is 36.9. The summed E-state index contributed by atoms with van der Waals surface area (Å²) in [7, 11) is 0. The van der Waals surface area contributed by atoms with Gasteiger partial charge >= 0.3 is 0 Å². The molecule has 2 unspecified atom stereocenters. The van der Waals surface area contributed by atoms with E-state index in [0.29, 0.717) is 6.04 Å². The van der Waals surface area contributed by atoms with Gasteiger partial charge in [0.25, 0.3) is 0 Å². The number of likely N-dealkylation sites (tertiary alicyclic amines) is 1. The fraction of sp³-hybridized carbons (Fsp3) is 1.00. The molecule has 2 saturated carbocycles. The van der Waals surface area contributed by atoms with Crippen LogP contribution in [0.5, 0.6) is 0 Å². The largest absolute Gasteiger partial charge is 0.327 e. The van der Waals surface area contributed by atoms with Gasteiger partial charge < -0.3 is 5.73 Å². The maximum atomic E-state index is 6.25. The van der Waals surface area contributed by atoms with Crippen molar-refractivity contribution in [3.63, 3.8) is 0 Å². The summed E-state index contributed by atoms with van der Waals surface area (Å²) in [6.45, 7) is 4.84. The molecule has 2 N–H and O–H groups in total. The van der Waals surface area contributed by atoms with Crippen LogP contribution in [0.2, 0.25) is 0 Å². The minimum absolute atomic E-state index is 0.464. The molecule has 1 saturated heterocycles. The van der Waals surface area contributed by atoms with E-state index in [-0.39, 0.29) is 0 Å². The average molecular weight is 264 g/mol. The van der Waals surface area contributed by atoms with E-state index in [4.69, 9.17) is 5.73 Å². The van der Waals surface area contributed by atoms with Crippen LogP contribution in [0.25, 0.3) is 0 Å². The summed E-state index contributed by atoms with van der Waals surface area (Å²) in [5.41, 5.74) is 7.03. The summed E-state index contributed by atoms with van der Waals surface area (Å²) in [6.07, 6.45) is 14.5. The summed E-state index contributed by atoms with van der Waals surface area (Å²) in [5, 5.41) is 0. The van der Waals surface area contributed by atoms with E-state index in [2.05, 4.69) is 11.8 Å². The van der Waals surface area contributed by atoms with Crippen molar-refractivity contribution < 1.29 is 0 Å². The fourth-order valence-corrected chi connectivity index (χ4v) is 5.05. The lowest BCUT2D eigenvalue weighted by Crippen LogP contribution is -2.51. The number of rotatable bonds is 2. The molecule has 2 atom stereocenters. The zero-order chi connectivity index (χ0) is 13.3. The van der Waals surface area contributed by atoms with Gasteiger partial charge in [-0.2, -0.15) is 0 Å². The van der Waals surface area contributed by atoms with E-state index in [1.165, 1.54) is 77.3 Å². The van der Waals surface area contributed by atoms with Crippen molar-refractivity contribution in [2.45, 2.75) is 83.2 Å². The third-order valence-corrected chi connectivity index (χ3v) is 6.54. The Morgan fingerprint density at radius 3 is 2.37 bits per heavy atom. The molecule has 2 heteroatoms. The number of hydrogen-bond acceptors (Lipinski definition) is 2. The van der Waals surface area contributed by atoms with Gasteiger partial charge in [0.15, 0.2) is 0 Å². The molecule has 110 valence electrons. The summed E-state index contributed by atoms with van der Waals surface area (Å²) in [4.78, 5) is 2.79. The van der Waals surface area contributed by atoms with Crippen LogP contribution in [0.3, 0.4) is 0 Å². The van der Waals surface area contributed by atoms with Gasteiger partial charge in [-0.3, -0.25) is 4.90 Å². The van der Waals surface area contributed by atoms with Crippen molar-refractivity contribution in [3.8, 4) is 0 Å². The SMILES string of the molecule is CCC1CN(C2CCC3(CCCC3)CC2)CCC1N. The zero-order valence-corrected chi connectivity index (χ0v) is 12.7. The van der Waals surface area contributed by atoms with E-state index >= 15 is 0 Å². The van der Waals surface area contributed by atoms with Crippen molar-refractivity contribution in [3.05, 3.63) is 0 Å². The van der Waals surface area contributed by atoms with Crippen LogP contribution in [0.1, 0.15) is 71.1 Å². The van der Waals surface area contributed by atoms with Crippen LogP contribution < -0.4 is 5.73 Å². The van der Waals surface area contributed by atoms with Gasteiger partial charge in [0.1, 0.15) is 0 Å². The quantitative estimate of drug-likeness (QED) is 0.826. The smallest absolute Gasteiger partial charge is 0.00958 e. The molecule has 1 aliphatic heterocycles. The maximum Gasteiger partial charge on any atom is 0.00958 e. The first-order valence-electron chi connectivity index (χ1n) is 8.72. The van der Waals surface area contributed by atoms with Gasteiger partial charge in [0, 0.05) is 18.6 Å². The Hall–Kier alpha value is -0.0800. The highest BCUT2D eigenvalue weighted by Crippen LogP contribution is 2.49. The van der Waals surface area contributed by atoms with Crippen LogP contribution in [0.4, 0.5) is 0 Å². The first-order valence-corrected chi connectivity index (χ1v) is 8.72. The molecule has 3 aliphatic rings. The standard InChI is InChI=1S/C17H32N2/c1-2-14-13-19(12-7-16(14)18)15-5-10-17(11-6-15)8-3-4-9-17/h14-16H,2-13,18H2,1H3. The highest BCUT2D eigenvalue weighted by atomic mass is 15.2. The highest BCUT2D eigenvalue weighted by molar-refractivity contribution is 4.94. The Kier molecular flexibility index (Phi) is 4.19. The molecular weight excluding hydrogens is 232 g/mol. The zero-order valence-electron chi connectivity index (χ0n) is 12.7. The van der Waals surface area contributed by atoms with Gasteiger partial charge in [-0.1, -0.05) is 26.2 Å². The van der Waals surface area contributed by atoms with E-state index in [9.17, 15) is 0 Å². The lowest BCUT2D eigenvalue weighted by Gasteiger charge is -2.46. The maximum absolute atomic E-state index is 6.25. The van der Waals surface area contributed by atoms with Gasteiger partial charge in [-0.05, 0) is 62.8 Å². The monoisotopic (exact) mass is 264 g/mol. The Labute approximate surface area is 119 Å². The van der Waals surface area contributed by atoms with E-state index < -0.39 is 0 Å². The molecule has 0 radical (unpaired) electrons. The van der Waals surface area contributed by atoms with Crippen molar-refractivity contribution in [2.75, 3.05) is 13.1 Å². The highest BCUT2D eigenvalue weighted by Gasteiger charge is 2.39. The number of nitrogens with two attached hydrogens (primary N) is 1. The molecule has 0 amide bonds. The van der Waals surface area contributed by atoms with Crippen molar-refractivity contribution >= 4 is 0 Å². The Morgan fingerprint density at radius 2 is 1.74 bits per heavy atom. The molecule has 1 heterocycles. The van der Waals surface area contributed by atoms with Crippen molar-refractivity contribution in [1.82, 2.24) is 4.90 Å². The predicted octanol–water partition coefficient (Wildman–Crippen LogP) is 3.55. The molecule has 2 aliphatic carbocycles. The summed E-state index contributed by atoms with van der Waals surface area (Å²) in [6, 6.07) is 1.35. The molecule has 0 aromatic carbocycles. The molecular formula is C17H32N2. The molecule has 3 fully saturated rings. The Balaban J connectivity index is 1.53. The van der Waals surface area contributed by atoms with E-state index in [1.807, 2.05) is 0 Å². The second-order valence-electron chi connectivity index (χ2n) is 7.55. The lowest BCUT2D eigenvalue weighted by molar-refractivity contribution is 0.0522. The van der Waals surface area contributed by atoms with Crippen LogP contribution in [0.15, 0.2) is 0 Å². The average Bonchev–Trinajstić information content (AvgIpc) is 2.89. The van der Waals surface area contributed by atoms with Gasteiger partial charge in [-0.25, -0.2) is 0 Å². The van der Waals surface area contributed by atoms with Crippen LogP contribution in [-0.2, 0) is 0 Å². The Morgan fingerprint density at radius 1 is 1.05 bits per heavy atom.